The number of anilines is 2. The van der Waals surface area contributed by atoms with Gasteiger partial charge in [-0.1, -0.05) is 30.3 Å². The lowest BCUT2D eigenvalue weighted by atomic mass is 9.95. The number of nitrogens with one attached hydrogen (secondary N) is 2. The van der Waals surface area contributed by atoms with Gasteiger partial charge in [0.1, 0.15) is 5.82 Å². The third-order valence-electron chi connectivity index (χ3n) is 5.15. The maximum atomic E-state index is 12.3. The summed E-state index contributed by atoms with van der Waals surface area (Å²) in [7, 11) is 3.91. The molecule has 2 amide bonds. The lowest BCUT2D eigenvalue weighted by molar-refractivity contribution is 0.0911. The Morgan fingerprint density at radius 1 is 1.17 bits per heavy atom. The first-order valence-electron chi connectivity index (χ1n) is 10.2. The van der Waals surface area contributed by atoms with E-state index in [-0.39, 0.29) is 11.9 Å². The highest BCUT2D eigenvalue weighted by molar-refractivity contribution is 5.89. The van der Waals surface area contributed by atoms with Crippen molar-refractivity contribution in [3.8, 4) is 0 Å². The van der Waals surface area contributed by atoms with Gasteiger partial charge in [-0.05, 0) is 44.6 Å². The van der Waals surface area contributed by atoms with E-state index in [9.17, 15) is 9.90 Å². The van der Waals surface area contributed by atoms with E-state index in [0.717, 1.165) is 24.5 Å². The van der Waals surface area contributed by atoms with Crippen LogP contribution < -0.4 is 15.5 Å². The third kappa shape index (κ3) is 6.17. The van der Waals surface area contributed by atoms with Crippen LogP contribution in [0.3, 0.4) is 0 Å². The summed E-state index contributed by atoms with van der Waals surface area (Å²) < 4.78 is 0. The van der Waals surface area contributed by atoms with Gasteiger partial charge in [-0.25, -0.2) is 9.78 Å². The van der Waals surface area contributed by atoms with Crippen LogP contribution in [-0.2, 0) is 0 Å². The summed E-state index contributed by atoms with van der Waals surface area (Å²) in [5, 5.41) is 16.5. The first-order valence-corrected chi connectivity index (χ1v) is 10.2. The molecule has 2 heterocycles. The standard InChI is InChI=1S/C22H31N5O2/c1-26(2)16-18(21(28)17-8-4-3-5-9-17)14-24-22(29)25-19-10-11-20(23-15-19)27-12-6-7-13-27/h3-5,8-11,15,18,21,28H,6-7,12-14,16H2,1-2H3,(H2,24,25,29)/t18-,21+/m0/s1. The molecule has 1 aromatic heterocycles. The van der Waals surface area contributed by atoms with Crippen molar-refractivity contribution in [2.24, 2.45) is 5.92 Å². The van der Waals surface area contributed by atoms with Gasteiger partial charge < -0.3 is 25.5 Å². The predicted octanol–water partition coefficient (Wildman–Crippen LogP) is 2.71. The molecule has 0 bridgehead atoms. The van der Waals surface area contributed by atoms with Crippen molar-refractivity contribution in [1.82, 2.24) is 15.2 Å². The van der Waals surface area contributed by atoms with Gasteiger partial charge in [0.25, 0.3) is 0 Å². The summed E-state index contributed by atoms with van der Waals surface area (Å²) in [4.78, 5) is 21.1. The van der Waals surface area contributed by atoms with Crippen LogP contribution in [0.2, 0.25) is 0 Å². The zero-order valence-electron chi connectivity index (χ0n) is 17.2. The lowest BCUT2D eigenvalue weighted by Gasteiger charge is -2.26. The molecule has 156 valence electrons. The molecule has 1 fully saturated rings. The Morgan fingerprint density at radius 3 is 2.52 bits per heavy atom. The van der Waals surface area contributed by atoms with Crippen LogP contribution in [0, 0.1) is 5.92 Å². The maximum Gasteiger partial charge on any atom is 0.319 e. The second kappa shape index (κ2) is 10.2. The quantitative estimate of drug-likeness (QED) is 0.638. The number of hydrogen-bond donors (Lipinski definition) is 3. The van der Waals surface area contributed by atoms with Gasteiger partial charge in [-0.3, -0.25) is 0 Å². The molecule has 1 saturated heterocycles. The van der Waals surface area contributed by atoms with Crippen LogP contribution in [0.15, 0.2) is 48.7 Å². The third-order valence-corrected chi connectivity index (χ3v) is 5.15. The second-order valence-corrected chi connectivity index (χ2v) is 7.81. The molecule has 0 saturated carbocycles. The number of pyridine rings is 1. The van der Waals surface area contributed by atoms with Crippen molar-refractivity contribution in [3.63, 3.8) is 0 Å². The molecule has 2 atom stereocenters. The number of carbonyl (C=O) groups excluding carboxylic acids is 1. The zero-order chi connectivity index (χ0) is 20.6. The fourth-order valence-corrected chi connectivity index (χ4v) is 3.66. The molecule has 1 aliphatic heterocycles. The summed E-state index contributed by atoms with van der Waals surface area (Å²) in [6, 6.07) is 13.1. The molecule has 7 nitrogen and oxygen atoms in total. The van der Waals surface area contributed by atoms with E-state index in [0.29, 0.717) is 18.8 Å². The molecule has 1 aromatic carbocycles. The lowest BCUT2D eigenvalue weighted by Crippen LogP contribution is -2.39. The van der Waals surface area contributed by atoms with Crippen LogP contribution in [-0.4, -0.2) is 61.3 Å². The normalized spacial score (nSPS) is 15.9. The minimum Gasteiger partial charge on any atom is -0.388 e. The molecule has 1 aliphatic rings. The summed E-state index contributed by atoms with van der Waals surface area (Å²) in [6.07, 6.45) is 3.43. The van der Waals surface area contributed by atoms with E-state index in [1.165, 1.54) is 12.8 Å². The molecule has 0 unspecified atom stereocenters. The highest BCUT2D eigenvalue weighted by Crippen LogP contribution is 2.22. The Labute approximate surface area is 172 Å². The van der Waals surface area contributed by atoms with Crippen LogP contribution in [0.1, 0.15) is 24.5 Å². The average Bonchev–Trinajstić information content (AvgIpc) is 3.26. The fourth-order valence-electron chi connectivity index (χ4n) is 3.66. The van der Waals surface area contributed by atoms with E-state index < -0.39 is 6.10 Å². The Hall–Kier alpha value is -2.64. The van der Waals surface area contributed by atoms with E-state index in [1.807, 2.05) is 61.5 Å². The molecular weight excluding hydrogens is 366 g/mol. The van der Waals surface area contributed by atoms with Crippen LogP contribution in [0.25, 0.3) is 0 Å². The Bertz CT molecular complexity index is 761. The van der Waals surface area contributed by atoms with Crippen molar-refractivity contribution < 1.29 is 9.90 Å². The van der Waals surface area contributed by atoms with Gasteiger partial charge in [-0.15, -0.1) is 0 Å². The number of aliphatic hydroxyl groups is 1. The van der Waals surface area contributed by atoms with Gasteiger partial charge in [0.05, 0.1) is 18.0 Å². The van der Waals surface area contributed by atoms with Gasteiger partial charge >= 0.3 is 6.03 Å². The topological polar surface area (TPSA) is 80.7 Å². The summed E-state index contributed by atoms with van der Waals surface area (Å²) in [6.45, 7) is 3.09. The van der Waals surface area contributed by atoms with Crippen LogP contribution in [0.5, 0.6) is 0 Å². The Kier molecular flexibility index (Phi) is 7.43. The maximum absolute atomic E-state index is 12.3. The molecular formula is C22H31N5O2. The minimum atomic E-state index is -0.652. The molecule has 2 aromatic rings. The number of hydrogen-bond acceptors (Lipinski definition) is 5. The molecule has 0 aliphatic carbocycles. The van der Waals surface area contributed by atoms with Crippen molar-refractivity contribution in [2.75, 3.05) is 50.5 Å². The Morgan fingerprint density at radius 2 is 1.90 bits per heavy atom. The van der Waals surface area contributed by atoms with E-state index >= 15 is 0 Å². The SMILES string of the molecule is CN(C)C[C@H](CNC(=O)Nc1ccc(N2CCCC2)nc1)[C@H](O)c1ccccc1. The predicted molar refractivity (Wildman–Crippen MR) is 116 cm³/mol. The Balaban J connectivity index is 1.54. The number of amides is 2. The number of aliphatic hydroxyl groups excluding tert-OH is 1. The highest BCUT2D eigenvalue weighted by Gasteiger charge is 2.22. The molecule has 0 radical (unpaired) electrons. The summed E-state index contributed by atoms with van der Waals surface area (Å²) in [5.41, 5.74) is 1.50. The summed E-state index contributed by atoms with van der Waals surface area (Å²) >= 11 is 0. The zero-order valence-corrected chi connectivity index (χ0v) is 17.2. The summed E-state index contributed by atoms with van der Waals surface area (Å²) in [5.74, 6) is 0.819. The average molecular weight is 398 g/mol. The van der Waals surface area contributed by atoms with Crippen molar-refractivity contribution in [3.05, 3.63) is 54.2 Å². The van der Waals surface area contributed by atoms with Gasteiger partial charge in [0.15, 0.2) is 0 Å². The van der Waals surface area contributed by atoms with E-state index in [2.05, 4.69) is 20.5 Å². The van der Waals surface area contributed by atoms with Crippen molar-refractivity contribution >= 4 is 17.5 Å². The number of nitrogens with zero attached hydrogens (tertiary/aromatic N) is 3. The van der Waals surface area contributed by atoms with Crippen molar-refractivity contribution in [2.45, 2.75) is 18.9 Å². The first kappa shape index (κ1) is 21.1. The van der Waals surface area contributed by atoms with E-state index in [4.69, 9.17) is 0 Å². The number of rotatable bonds is 8. The molecule has 29 heavy (non-hydrogen) atoms. The highest BCUT2D eigenvalue weighted by atomic mass is 16.3. The number of benzene rings is 1. The minimum absolute atomic E-state index is 0.131. The largest absolute Gasteiger partial charge is 0.388 e. The number of aromatic nitrogens is 1. The molecule has 3 N–H and O–H groups in total. The van der Waals surface area contributed by atoms with Gasteiger partial charge in [-0.2, -0.15) is 0 Å². The first-order chi connectivity index (χ1) is 14.0. The van der Waals surface area contributed by atoms with Crippen molar-refractivity contribution in [1.29, 1.82) is 0 Å². The second-order valence-electron chi connectivity index (χ2n) is 7.81. The number of carbonyl (C=O) groups is 1. The van der Waals surface area contributed by atoms with Crippen LogP contribution >= 0.6 is 0 Å². The monoisotopic (exact) mass is 397 g/mol. The molecule has 0 spiro atoms. The molecule has 7 heteroatoms. The van der Waals surface area contributed by atoms with E-state index in [1.54, 1.807) is 6.20 Å². The molecule has 3 rings (SSSR count). The number of urea groups is 1. The van der Waals surface area contributed by atoms with Gasteiger partial charge in [0.2, 0.25) is 0 Å². The van der Waals surface area contributed by atoms with Gasteiger partial charge in [0, 0.05) is 32.1 Å². The fraction of sp³-hybridized carbons (Fsp3) is 0.455. The van der Waals surface area contributed by atoms with Crippen LogP contribution in [0.4, 0.5) is 16.3 Å². The smallest absolute Gasteiger partial charge is 0.319 e.